The number of carbonyl (C=O) groups is 1. The third-order valence-corrected chi connectivity index (χ3v) is 4.86. The van der Waals surface area contributed by atoms with Gasteiger partial charge in [0, 0.05) is 6.20 Å². The molecule has 0 spiro atoms. The number of alkyl halides is 3. The van der Waals surface area contributed by atoms with Crippen LogP contribution in [0.25, 0.3) is 17.0 Å². The van der Waals surface area contributed by atoms with E-state index in [9.17, 15) is 18.0 Å². The molecule has 0 fully saturated rings. The third-order valence-electron chi connectivity index (χ3n) is 4.86. The molecule has 0 aliphatic rings. The zero-order valence-corrected chi connectivity index (χ0v) is 18.3. The zero-order chi connectivity index (χ0) is 24.5. The minimum atomic E-state index is -4.76. The van der Waals surface area contributed by atoms with E-state index in [0.29, 0.717) is 16.6 Å². The van der Waals surface area contributed by atoms with Gasteiger partial charge in [0.05, 0.1) is 37.7 Å². The molecule has 13 heteroatoms. The topological polar surface area (TPSA) is 106 Å². The lowest BCUT2D eigenvalue weighted by Gasteiger charge is -2.16. The van der Waals surface area contributed by atoms with E-state index in [4.69, 9.17) is 9.47 Å². The Morgan fingerprint density at radius 2 is 1.85 bits per heavy atom. The van der Waals surface area contributed by atoms with Gasteiger partial charge >= 0.3 is 12.3 Å². The van der Waals surface area contributed by atoms with Gasteiger partial charge < -0.3 is 14.2 Å². The highest BCUT2D eigenvalue weighted by Gasteiger charge is 2.31. The summed E-state index contributed by atoms with van der Waals surface area (Å²) < 4.78 is 54.5. The van der Waals surface area contributed by atoms with E-state index in [1.807, 2.05) is 6.92 Å². The van der Waals surface area contributed by atoms with Crippen LogP contribution in [-0.4, -0.2) is 55.6 Å². The van der Waals surface area contributed by atoms with Crippen molar-refractivity contribution in [2.75, 3.05) is 13.7 Å². The van der Waals surface area contributed by atoms with Gasteiger partial charge in [-0.25, -0.2) is 14.5 Å². The fourth-order valence-corrected chi connectivity index (χ4v) is 3.30. The van der Waals surface area contributed by atoms with Crippen LogP contribution in [0.1, 0.15) is 35.8 Å². The number of benzene rings is 1. The SMILES string of the molecule is CCOC(=O)c1cnn(-c2nc(OC)c3c(cnn3[C@@H](C)c3ccc(OC(F)(F)F)cc3)n2)c1. The molecule has 178 valence electrons. The van der Waals surface area contributed by atoms with Gasteiger partial charge in [-0.05, 0) is 31.5 Å². The standard InChI is InChI=1S/C21H19F3N6O4/c1-4-33-19(31)14-9-25-29(11-14)20-27-16-10-26-30(17(16)18(28-20)32-3)12(2)13-5-7-15(8-6-13)34-21(22,23)24/h5-12H,4H2,1-3H3/t12-/m0/s1. The van der Waals surface area contributed by atoms with Crippen LogP contribution in [0.4, 0.5) is 13.2 Å². The first-order valence-electron chi connectivity index (χ1n) is 10.1. The van der Waals surface area contributed by atoms with Crippen LogP contribution in [0.5, 0.6) is 11.6 Å². The number of ether oxygens (including phenoxy) is 3. The first-order chi connectivity index (χ1) is 16.2. The molecule has 0 aliphatic carbocycles. The fourth-order valence-electron chi connectivity index (χ4n) is 3.30. The van der Waals surface area contributed by atoms with Gasteiger partial charge in [0.15, 0.2) is 0 Å². The predicted octanol–water partition coefficient (Wildman–Crippen LogP) is 3.71. The first kappa shape index (κ1) is 23.0. The molecular formula is C21H19F3N6O4. The van der Waals surface area contributed by atoms with Gasteiger partial charge in [-0.2, -0.15) is 15.2 Å². The molecule has 4 aromatic rings. The van der Waals surface area contributed by atoms with E-state index in [2.05, 4.69) is 24.9 Å². The van der Waals surface area contributed by atoms with Crippen molar-refractivity contribution in [1.29, 1.82) is 0 Å². The zero-order valence-electron chi connectivity index (χ0n) is 18.3. The molecule has 0 radical (unpaired) electrons. The summed E-state index contributed by atoms with van der Waals surface area (Å²) in [4.78, 5) is 20.7. The Morgan fingerprint density at radius 1 is 1.12 bits per heavy atom. The highest BCUT2D eigenvalue weighted by Crippen LogP contribution is 2.30. The van der Waals surface area contributed by atoms with Crippen LogP contribution < -0.4 is 9.47 Å². The summed E-state index contributed by atoms with van der Waals surface area (Å²) in [7, 11) is 1.43. The Kier molecular flexibility index (Phi) is 6.09. The molecule has 1 aromatic carbocycles. The Morgan fingerprint density at radius 3 is 2.50 bits per heavy atom. The summed E-state index contributed by atoms with van der Waals surface area (Å²) in [6.45, 7) is 3.75. The minimum absolute atomic E-state index is 0.153. The maximum Gasteiger partial charge on any atom is 0.573 e. The van der Waals surface area contributed by atoms with Crippen LogP contribution in [0.15, 0.2) is 42.9 Å². The number of hydrogen-bond donors (Lipinski definition) is 0. The van der Waals surface area contributed by atoms with Crippen LogP contribution in [0.2, 0.25) is 0 Å². The molecular weight excluding hydrogens is 457 g/mol. The molecule has 0 unspecified atom stereocenters. The largest absolute Gasteiger partial charge is 0.573 e. The van der Waals surface area contributed by atoms with E-state index in [0.717, 1.165) is 0 Å². The van der Waals surface area contributed by atoms with Crippen molar-refractivity contribution in [3.05, 3.63) is 54.0 Å². The average molecular weight is 476 g/mol. The van der Waals surface area contributed by atoms with Crippen molar-refractivity contribution in [1.82, 2.24) is 29.5 Å². The van der Waals surface area contributed by atoms with Gasteiger partial charge in [0.2, 0.25) is 5.88 Å². The summed E-state index contributed by atoms with van der Waals surface area (Å²) in [6.07, 6.45) is -0.471. The number of halogens is 3. The fraction of sp³-hybridized carbons (Fsp3) is 0.286. The molecule has 0 saturated heterocycles. The molecule has 3 heterocycles. The number of aromatic nitrogens is 6. The quantitative estimate of drug-likeness (QED) is 0.372. The average Bonchev–Trinajstić information content (AvgIpc) is 3.45. The molecule has 0 aliphatic heterocycles. The molecule has 3 aromatic heterocycles. The Bertz CT molecular complexity index is 1320. The van der Waals surface area contributed by atoms with Crippen molar-refractivity contribution < 1.29 is 32.2 Å². The molecule has 10 nitrogen and oxygen atoms in total. The van der Waals surface area contributed by atoms with E-state index < -0.39 is 12.3 Å². The van der Waals surface area contributed by atoms with Gasteiger partial charge in [-0.15, -0.1) is 13.2 Å². The van der Waals surface area contributed by atoms with Crippen LogP contribution in [0.3, 0.4) is 0 Å². The van der Waals surface area contributed by atoms with E-state index >= 15 is 0 Å². The number of carbonyl (C=O) groups excluding carboxylic acids is 1. The van der Waals surface area contributed by atoms with Crippen molar-refractivity contribution in [3.63, 3.8) is 0 Å². The molecule has 0 N–H and O–H groups in total. The van der Waals surface area contributed by atoms with Crippen molar-refractivity contribution in [2.24, 2.45) is 0 Å². The second-order valence-corrected chi connectivity index (χ2v) is 7.04. The summed E-state index contributed by atoms with van der Waals surface area (Å²) in [5.74, 6) is -0.480. The number of rotatable bonds is 7. The lowest BCUT2D eigenvalue weighted by atomic mass is 10.1. The van der Waals surface area contributed by atoms with E-state index in [-0.39, 0.29) is 35.8 Å². The number of esters is 1. The maximum absolute atomic E-state index is 12.4. The number of nitrogens with zero attached hydrogens (tertiary/aromatic N) is 6. The summed E-state index contributed by atoms with van der Waals surface area (Å²) in [6, 6.07) is 5.11. The number of hydrogen-bond acceptors (Lipinski definition) is 8. The van der Waals surface area contributed by atoms with Crippen molar-refractivity contribution in [3.8, 4) is 17.6 Å². The van der Waals surface area contributed by atoms with Crippen LogP contribution in [-0.2, 0) is 4.74 Å². The highest BCUT2D eigenvalue weighted by molar-refractivity contribution is 5.88. The van der Waals surface area contributed by atoms with Gasteiger partial charge in [0.1, 0.15) is 16.8 Å². The molecule has 0 bridgehead atoms. The lowest BCUT2D eigenvalue weighted by molar-refractivity contribution is -0.274. The maximum atomic E-state index is 12.4. The monoisotopic (exact) mass is 476 g/mol. The second-order valence-electron chi connectivity index (χ2n) is 7.04. The second kappa shape index (κ2) is 9.00. The van der Waals surface area contributed by atoms with Crippen molar-refractivity contribution in [2.45, 2.75) is 26.3 Å². The number of fused-ring (bicyclic) bond motifs is 1. The molecule has 0 saturated carbocycles. The van der Waals surface area contributed by atoms with Gasteiger partial charge in [-0.3, -0.25) is 4.68 Å². The smallest absolute Gasteiger partial charge is 0.479 e. The third kappa shape index (κ3) is 4.63. The summed E-state index contributed by atoms with van der Waals surface area (Å²) in [5, 5.41) is 8.48. The first-order valence-corrected chi connectivity index (χ1v) is 10.1. The van der Waals surface area contributed by atoms with Crippen molar-refractivity contribution >= 4 is 17.0 Å². The lowest BCUT2D eigenvalue weighted by Crippen LogP contribution is -2.17. The van der Waals surface area contributed by atoms with Crippen LogP contribution >= 0.6 is 0 Å². The van der Waals surface area contributed by atoms with Crippen LogP contribution in [0, 0.1) is 0 Å². The van der Waals surface area contributed by atoms with Gasteiger partial charge in [-0.1, -0.05) is 12.1 Å². The van der Waals surface area contributed by atoms with E-state index in [1.165, 1.54) is 54.6 Å². The molecule has 0 amide bonds. The Labute approximate surface area is 190 Å². The van der Waals surface area contributed by atoms with E-state index in [1.54, 1.807) is 11.6 Å². The van der Waals surface area contributed by atoms with Gasteiger partial charge in [0.25, 0.3) is 5.95 Å². The summed E-state index contributed by atoms with van der Waals surface area (Å²) >= 11 is 0. The predicted molar refractivity (Wildman–Crippen MR) is 112 cm³/mol. The normalized spacial score (nSPS) is 12.5. The molecule has 4 rings (SSSR count). The molecule has 1 atom stereocenters. The highest BCUT2D eigenvalue weighted by atomic mass is 19.4. The minimum Gasteiger partial charge on any atom is -0.479 e. The Balaban J connectivity index is 1.66. The Hall–Kier alpha value is -4.16. The number of methoxy groups -OCH3 is 1. The molecule has 34 heavy (non-hydrogen) atoms. The summed E-state index contributed by atoms with van der Waals surface area (Å²) in [5.41, 5.74) is 1.84.